The lowest BCUT2D eigenvalue weighted by Gasteiger charge is -2.29. The van der Waals surface area contributed by atoms with E-state index in [1.807, 2.05) is 6.92 Å². The Labute approximate surface area is 155 Å². The average Bonchev–Trinajstić information content (AvgIpc) is 2.66. The van der Waals surface area contributed by atoms with Crippen LogP contribution in [0.5, 0.6) is 0 Å². The molecular weight excluding hydrogens is 330 g/mol. The average molecular weight is 359 g/mol. The molecular formula is C19H29N5O2. The van der Waals surface area contributed by atoms with Gasteiger partial charge in [0.05, 0.1) is 18.4 Å². The van der Waals surface area contributed by atoms with Crippen LogP contribution in [-0.4, -0.2) is 46.0 Å². The number of nitrogens with one attached hydrogen (secondary N) is 2. The lowest BCUT2D eigenvalue weighted by atomic mass is 9.93. The number of hydrogen-bond donors (Lipinski definition) is 3. The van der Waals surface area contributed by atoms with E-state index >= 15 is 0 Å². The molecule has 2 saturated carbocycles. The molecule has 142 valence electrons. The topological polar surface area (TPSA) is 103 Å². The van der Waals surface area contributed by atoms with Crippen molar-refractivity contribution in [3.63, 3.8) is 0 Å². The minimum atomic E-state index is -0.196. The van der Waals surface area contributed by atoms with Gasteiger partial charge in [-0.05, 0) is 58.3 Å². The van der Waals surface area contributed by atoms with Crippen LogP contribution in [0.25, 0.3) is 0 Å². The maximum absolute atomic E-state index is 9.65. The third-order valence-electron chi connectivity index (χ3n) is 5.36. The van der Waals surface area contributed by atoms with E-state index in [0.29, 0.717) is 29.5 Å². The van der Waals surface area contributed by atoms with Crippen LogP contribution in [0.2, 0.25) is 0 Å². The summed E-state index contributed by atoms with van der Waals surface area (Å²) in [6.45, 7) is 2.81. The summed E-state index contributed by atoms with van der Waals surface area (Å²) >= 11 is 0. The Balaban J connectivity index is 1.59. The molecule has 7 nitrogen and oxygen atoms in total. The van der Waals surface area contributed by atoms with Gasteiger partial charge in [0.1, 0.15) is 17.5 Å². The second-order valence-corrected chi connectivity index (χ2v) is 7.29. The molecule has 3 rings (SSSR count). The zero-order valence-electron chi connectivity index (χ0n) is 15.4. The van der Waals surface area contributed by atoms with Crippen molar-refractivity contribution in [2.45, 2.75) is 82.6 Å². The molecule has 26 heavy (non-hydrogen) atoms. The molecule has 0 aliphatic heterocycles. The molecule has 0 aromatic carbocycles. The van der Waals surface area contributed by atoms with Crippen molar-refractivity contribution in [3.05, 3.63) is 11.8 Å². The van der Waals surface area contributed by atoms with Crippen LogP contribution in [-0.2, 0) is 4.74 Å². The number of anilines is 2. The van der Waals surface area contributed by atoms with E-state index in [1.54, 1.807) is 6.20 Å². The third kappa shape index (κ3) is 5.05. The van der Waals surface area contributed by atoms with E-state index < -0.39 is 0 Å². The maximum atomic E-state index is 9.65. The molecule has 2 fully saturated rings. The number of hydrogen-bond acceptors (Lipinski definition) is 7. The number of rotatable bonds is 6. The zero-order valence-corrected chi connectivity index (χ0v) is 15.4. The Morgan fingerprint density at radius 3 is 2.42 bits per heavy atom. The fraction of sp³-hybridized carbons (Fsp3) is 0.737. The molecule has 0 radical (unpaired) electrons. The standard InChI is InChI=1S/C19H29N5O2/c1-2-26-17-9-5-15(6-10-17)23-19-21-12-13(11-20)18(24-19)22-14-3-7-16(25)8-4-14/h12,14-17,25H,2-10H2,1H3,(H2,21,22,23,24)/t14-,15-,16-,17-. The highest BCUT2D eigenvalue weighted by atomic mass is 16.5. The summed E-state index contributed by atoms with van der Waals surface area (Å²) in [4.78, 5) is 8.87. The second kappa shape index (κ2) is 9.15. The van der Waals surface area contributed by atoms with Gasteiger partial charge >= 0.3 is 0 Å². The summed E-state index contributed by atoms with van der Waals surface area (Å²) in [7, 11) is 0. The molecule has 0 atom stereocenters. The highest BCUT2D eigenvalue weighted by Gasteiger charge is 2.23. The molecule has 1 heterocycles. The van der Waals surface area contributed by atoms with Crippen molar-refractivity contribution in [1.29, 1.82) is 5.26 Å². The molecule has 0 saturated heterocycles. The molecule has 1 aromatic heterocycles. The first-order valence-corrected chi connectivity index (χ1v) is 9.77. The van der Waals surface area contributed by atoms with Gasteiger partial charge in [-0.15, -0.1) is 0 Å². The summed E-state index contributed by atoms with van der Waals surface area (Å²) < 4.78 is 5.70. The molecule has 3 N–H and O–H groups in total. The fourth-order valence-electron chi connectivity index (χ4n) is 3.85. The van der Waals surface area contributed by atoms with Crippen molar-refractivity contribution in [1.82, 2.24) is 9.97 Å². The Hall–Kier alpha value is -1.91. The second-order valence-electron chi connectivity index (χ2n) is 7.29. The SMILES string of the molecule is CCO[C@H]1CC[C@H](Nc2ncc(C#N)c(N[C@H]3CC[C@H](O)CC3)n2)CC1. The van der Waals surface area contributed by atoms with Crippen LogP contribution in [0, 0.1) is 11.3 Å². The minimum Gasteiger partial charge on any atom is -0.393 e. The lowest BCUT2D eigenvalue weighted by molar-refractivity contribution is 0.0346. The van der Waals surface area contributed by atoms with Crippen molar-refractivity contribution < 1.29 is 9.84 Å². The molecule has 0 unspecified atom stereocenters. The van der Waals surface area contributed by atoms with Gasteiger partial charge in [0, 0.05) is 18.7 Å². The van der Waals surface area contributed by atoms with Gasteiger partial charge < -0.3 is 20.5 Å². The van der Waals surface area contributed by atoms with Gasteiger partial charge in [-0.2, -0.15) is 10.2 Å². The molecule has 0 spiro atoms. The Kier molecular flexibility index (Phi) is 6.64. The first-order valence-electron chi connectivity index (χ1n) is 9.77. The summed E-state index contributed by atoms with van der Waals surface area (Å²) in [5.74, 6) is 1.16. The highest BCUT2D eigenvalue weighted by molar-refractivity contribution is 5.54. The zero-order chi connectivity index (χ0) is 18.4. The summed E-state index contributed by atoms with van der Waals surface area (Å²) in [5.41, 5.74) is 0.460. The van der Waals surface area contributed by atoms with Crippen LogP contribution >= 0.6 is 0 Å². The number of aliphatic hydroxyl groups is 1. The number of aromatic nitrogens is 2. The summed E-state index contributed by atoms with van der Waals surface area (Å²) in [5, 5.41) is 25.8. The number of nitriles is 1. The van der Waals surface area contributed by atoms with E-state index in [9.17, 15) is 10.4 Å². The Morgan fingerprint density at radius 2 is 1.77 bits per heavy atom. The van der Waals surface area contributed by atoms with Gasteiger partial charge in [-0.3, -0.25) is 0 Å². The van der Waals surface area contributed by atoms with Gasteiger partial charge in [-0.25, -0.2) is 4.98 Å². The van der Waals surface area contributed by atoms with Crippen LogP contribution in [0.3, 0.4) is 0 Å². The number of nitrogens with zero attached hydrogens (tertiary/aromatic N) is 3. The largest absolute Gasteiger partial charge is 0.393 e. The van der Waals surface area contributed by atoms with Crippen molar-refractivity contribution in [2.24, 2.45) is 0 Å². The number of ether oxygens (including phenoxy) is 1. The maximum Gasteiger partial charge on any atom is 0.224 e. The highest BCUT2D eigenvalue weighted by Crippen LogP contribution is 2.25. The van der Waals surface area contributed by atoms with Crippen molar-refractivity contribution in [2.75, 3.05) is 17.2 Å². The van der Waals surface area contributed by atoms with Crippen molar-refractivity contribution >= 4 is 11.8 Å². The predicted octanol–water partition coefficient (Wildman–Crippen LogP) is 2.82. The Morgan fingerprint density at radius 1 is 1.12 bits per heavy atom. The fourth-order valence-corrected chi connectivity index (χ4v) is 3.85. The van der Waals surface area contributed by atoms with Gasteiger partial charge in [0.15, 0.2) is 0 Å². The molecule has 0 amide bonds. The van der Waals surface area contributed by atoms with E-state index in [-0.39, 0.29) is 12.1 Å². The number of aliphatic hydroxyl groups excluding tert-OH is 1. The van der Waals surface area contributed by atoms with Crippen molar-refractivity contribution in [3.8, 4) is 6.07 Å². The summed E-state index contributed by atoms with van der Waals surface area (Å²) in [6.07, 6.45) is 9.30. The first kappa shape index (κ1) is 18.9. The van der Waals surface area contributed by atoms with E-state index in [2.05, 4.69) is 26.7 Å². The van der Waals surface area contributed by atoms with Gasteiger partial charge in [-0.1, -0.05) is 0 Å². The first-order chi connectivity index (χ1) is 12.7. The van der Waals surface area contributed by atoms with Crippen LogP contribution in [0.15, 0.2) is 6.20 Å². The van der Waals surface area contributed by atoms with E-state index in [0.717, 1.165) is 58.0 Å². The minimum absolute atomic E-state index is 0.196. The molecule has 2 aliphatic rings. The van der Waals surface area contributed by atoms with Gasteiger partial charge in [0.2, 0.25) is 5.95 Å². The van der Waals surface area contributed by atoms with Gasteiger partial charge in [0.25, 0.3) is 0 Å². The quantitative estimate of drug-likeness (QED) is 0.717. The molecule has 1 aromatic rings. The lowest BCUT2D eigenvalue weighted by Crippen LogP contribution is -2.31. The predicted molar refractivity (Wildman–Crippen MR) is 99.9 cm³/mol. The Bertz CT molecular complexity index is 617. The van der Waals surface area contributed by atoms with E-state index in [1.165, 1.54) is 0 Å². The van der Waals surface area contributed by atoms with Crippen LogP contribution in [0.4, 0.5) is 11.8 Å². The normalized spacial score (nSPS) is 29.0. The smallest absolute Gasteiger partial charge is 0.224 e. The van der Waals surface area contributed by atoms with Crippen LogP contribution < -0.4 is 10.6 Å². The molecule has 7 heteroatoms. The molecule has 0 bridgehead atoms. The van der Waals surface area contributed by atoms with E-state index in [4.69, 9.17) is 4.74 Å². The summed E-state index contributed by atoms with van der Waals surface area (Å²) in [6, 6.07) is 2.75. The third-order valence-corrected chi connectivity index (χ3v) is 5.36. The molecule has 2 aliphatic carbocycles. The van der Waals surface area contributed by atoms with Crippen LogP contribution in [0.1, 0.15) is 63.9 Å². The monoisotopic (exact) mass is 359 g/mol.